The molecule has 3 heterocycles. The fraction of sp³-hybridized carbons (Fsp3) is 0.250. The average molecular weight is 584 g/mol. The Bertz CT molecular complexity index is 1650. The van der Waals surface area contributed by atoms with E-state index in [9.17, 15) is 9.59 Å². The predicted octanol–water partition coefficient (Wildman–Crippen LogP) is 5.81. The second-order valence-electron chi connectivity index (χ2n) is 9.95. The number of para-hydroxylation sites is 1. The Hall–Kier alpha value is -4.70. The van der Waals surface area contributed by atoms with Crippen LogP contribution in [0, 0.1) is 13.8 Å². The van der Waals surface area contributed by atoms with Gasteiger partial charge in [-0.15, -0.1) is 0 Å². The van der Waals surface area contributed by atoms with E-state index in [0.29, 0.717) is 28.5 Å². The van der Waals surface area contributed by atoms with Gasteiger partial charge in [0.15, 0.2) is 5.11 Å². The van der Waals surface area contributed by atoms with Crippen molar-refractivity contribution in [2.75, 3.05) is 24.4 Å². The summed E-state index contributed by atoms with van der Waals surface area (Å²) < 4.78 is 12.8. The monoisotopic (exact) mass is 583 g/mol. The van der Waals surface area contributed by atoms with Crippen LogP contribution in [0.3, 0.4) is 0 Å². The van der Waals surface area contributed by atoms with E-state index in [4.69, 9.17) is 21.7 Å². The predicted molar refractivity (Wildman–Crippen MR) is 166 cm³/mol. The van der Waals surface area contributed by atoms with Gasteiger partial charge in [0.05, 0.1) is 48.9 Å². The second-order valence-corrected chi connectivity index (χ2v) is 10.3. The third kappa shape index (κ3) is 5.21. The van der Waals surface area contributed by atoms with Crippen molar-refractivity contribution in [2.24, 2.45) is 0 Å². The highest BCUT2D eigenvalue weighted by atomic mass is 32.1. The normalized spacial score (nSPS) is 16.2. The Balaban J connectivity index is 1.67. The van der Waals surface area contributed by atoms with E-state index in [1.54, 1.807) is 26.3 Å². The molecule has 42 heavy (non-hydrogen) atoms. The van der Waals surface area contributed by atoms with Gasteiger partial charge in [-0.05, 0) is 74.1 Å². The lowest BCUT2D eigenvalue weighted by Gasteiger charge is -2.29. The molecule has 4 aromatic rings. The number of esters is 1. The smallest absolute Gasteiger partial charge is 0.339 e. The fourth-order valence-electron chi connectivity index (χ4n) is 5.53. The number of rotatable bonds is 8. The summed E-state index contributed by atoms with van der Waals surface area (Å²) in [7, 11) is 2.95. The number of aryl methyl sites for hydroxylation is 1. The molecule has 1 aliphatic rings. The quantitative estimate of drug-likeness (QED) is 0.198. The largest absolute Gasteiger partial charge is 0.494 e. The molecular weight excluding hydrogens is 550 g/mol. The van der Waals surface area contributed by atoms with E-state index in [1.807, 2.05) is 68.4 Å². The molecule has 9 nitrogen and oxygen atoms in total. The Morgan fingerprint density at radius 2 is 1.81 bits per heavy atom. The maximum Gasteiger partial charge on any atom is 0.339 e. The van der Waals surface area contributed by atoms with E-state index < -0.39 is 5.97 Å². The van der Waals surface area contributed by atoms with Gasteiger partial charge in [-0.2, -0.15) is 0 Å². The number of benzene rings is 2. The van der Waals surface area contributed by atoms with Crippen LogP contribution in [-0.2, 0) is 9.53 Å². The van der Waals surface area contributed by atoms with Crippen molar-refractivity contribution >= 4 is 40.6 Å². The summed E-state index contributed by atoms with van der Waals surface area (Å²) in [6.45, 7) is 5.85. The molecule has 216 valence electrons. The highest BCUT2D eigenvalue weighted by molar-refractivity contribution is 7.80. The summed E-state index contributed by atoms with van der Waals surface area (Å²) in [6.07, 6.45) is 2.12. The van der Waals surface area contributed by atoms with Crippen LogP contribution in [0.4, 0.5) is 11.4 Å². The third-order valence-electron chi connectivity index (χ3n) is 7.50. The molecule has 1 saturated heterocycles. The van der Waals surface area contributed by atoms with Gasteiger partial charge in [-0.3, -0.25) is 9.78 Å². The van der Waals surface area contributed by atoms with E-state index >= 15 is 0 Å². The first-order valence-electron chi connectivity index (χ1n) is 13.6. The average Bonchev–Trinajstić information content (AvgIpc) is 3.51. The molecular formula is C32H33N5O4S. The number of nitrogens with one attached hydrogen (secondary N) is 2. The zero-order valence-electron chi connectivity index (χ0n) is 24.2. The van der Waals surface area contributed by atoms with Crippen molar-refractivity contribution < 1.29 is 19.1 Å². The van der Waals surface area contributed by atoms with Crippen LogP contribution in [0.2, 0.25) is 0 Å². The van der Waals surface area contributed by atoms with Gasteiger partial charge in [0, 0.05) is 35.8 Å². The lowest BCUT2D eigenvalue weighted by Crippen LogP contribution is -2.29. The first-order valence-corrected chi connectivity index (χ1v) is 14.0. The molecule has 2 atom stereocenters. The van der Waals surface area contributed by atoms with Gasteiger partial charge < -0.3 is 29.6 Å². The minimum absolute atomic E-state index is 0.104. The van der Waals surface area contributed by atoms with Crippen molar-refractivity contribution in [3.05, 3.63) is 101 Å². The van der Waals surface area contributed by atoms with Crippen LogP contribution in [0.25, 0.3) is 5.69 Å². The molecule has 2 N–H and O–H groups in total. The molecule has 0 unspecified atom stereocenters. The first-order chi connectivity index (χ1) is 20.3. The number of ether oxygens (including phenoxy) is 2. The summed E-state index contributed by atoms with van der Waals surface area (Å²) in [6, 6.07) is 20.4. The molecule has 2 aromatic heterocycles. The molecule has 0 radical (unpaired) electrons. The third-order valence-corrected chi connectivity index (χ3v) is 7.81. The number of carbonyl (C=O) groups excluding carboxylic acids is 2. The number of hydrogen-bond acceptors (Lipinski definition) is 6. The van der Waals surface area contributed by atoms with Crippen molar-refractivity contribution in [1.29, 1.82) is 0 Å². The highest BCUT2D eigenvalue weighted by Crippen LogP contribution is 2.45. The molecule has 1 fully saturated rings. The molecule has 10 heteroatoms. The number of carbonyl (C=O) groups is 2. The molecule has 0 saturated carbocycles. The topological polar surface area (TPSA) is 97.7 Å². The number of nitrogens with zero attached hydrogens (tertiary/aromatic N) is 3. The minimum Gasteiger partial charge on any atom is -0.494 e. The van der Waals surface area contributed by atoms with Crippen LogP contribution in [0.5, 0.6) is 5.75 Å². The maximum absolute atomic E-state index is 12.7. The summed E-state index contributed by atoms with van der Waals surface area (Å²) in [5.41, 5.74) is 6.34. The zero-order valence-corrected chi connectivity index (χ0v) is 25.0. The SMILES string of the molecule is CCC(=O)Nc1ccc(N2C(=S)N[C@H](c3ccccn3)[C@H]2c2cc(C)n(-c3ccccc3C(=O)OC)c2C)cc1OC. The van der Waals surface area contributed by atoms with Gasteiger partial charge in [0.25, 0.3) is 0 Å². The van der Waals surface area contributed by atoms with Crippen LogP contribution < -0.4 is 20.3 Å². The Morgan fingerprint density at radius 3 is 2.50 bits per heavy atom. The maximum atomic E-state index is 12.7. The summed E-state index contributed by atoms with van der Waals surface area (Å²) in [5, 5.41) is 6.92. The molecule has 5 rings (SSSR count). The standard InChI is InChI=1S/C32H33N5O4S/c1-6-28(38)34-24-15-14-21(18-27(24)40-4)37-30(29(35-32(37)42)25-12-9-10-16-33-25)23-17-19(2)36(20(23)3)26-13-8-7-11-22(26)31(39)41-5/h7-18,29-30H,6H2,1-5H3,(H,34,38)(H,35,42)/t29-,30-/m1/s1. The molecule has 1 amide bonds. The molecule has 0 spiro atoms. The number of thiocarbonyl (C=S) groups is 1. The zero-order chi connectivity index (χ0) is 30.0. The van der Waals surface area contributed by atoms with Crippen LogP contribution >= 0.6 is 12.2 Å². The van der Waals surface area contributed by atoms with Crippen molar-refractivity contribution in [2.45, 2.75) is 39.3 Å². The number of hydrogen-bond donors (Lipinski definition) is 2. The molecule has 2 aromatic carbocycles. The van der Waals surface area contributed by atoms with E-state index in [0.717, 1.165) is 34.0 Å². The summed E-state index contributed by atoms with van der Waals surface area (Å²) >= 11 is 5.93. The van der Waals surface area contributed by atoms with Crippen molar-refractivity contribution in [1.82, 2.24) is 14.9 Å². The number of pyridine rings is 1. The number of anilines is 2. The Kier molecular flexibility index (Phi) is 8.26. The fourth-order valence-corrected chi connectivity index (χ4v) is 5.88. The van der Waals surface area contributed by atoms with Gasteiger partial charge in [-0.1, -0.05) is 25.1 Å². The van der Waals surface area contributed by atoms with Gasteiger partial charge in [0.2, 0.25) is 5.91 Å². The van der Waals surface area contributed by atoms with Gasteiger partial charge in [0.1, 0.15) is 5.75 Å². The molecule has 1 aliphatic heterocycles. The number of aromatic nitrogens is 2. The number of methoxy groups -OCH3 is 2. The minimum atomic E-state index is -0.404. The van der Waals surface area contributed by atoms with Crippen molar-refractivity contribution in [3.63, 3.8) is 0 Å². The van der Waals surface area contributed by atoms with Gasteiger partial charge in [-0.25, -0.2) is 4.79 Å². The highest BCUT2D eigenvalue weighted by Gasteiger charge is 2.42. The summed E-state index contributed by atoms with van der Waals surface area (Å²) in [5.74, 6) is 0.0143. The van der Waals surface area contributed by atoms with Crippen molar-refractivity contribution in [3.8, 4) is 11.4 Å². The van der Waals surface area contributed by atoms with Gasteiger partial charge >= 0.3 is 5.97 Å². The molecule has 0 aliphatic carbocycles. The van der Waals surface area contributed by atoms with E-state index in [2.05, 4.69) is 31.2 Å². The number of amides is 1. The van der Waals surface area contributed by atoms with E-state index in [1.165, 1.54) is 7.11 Å². The lowest BCUT2D eigenvalue weighted by molar-refractivity contribution is -0.115. The first kappa shape index (κ1) is 28.8. The van der Waals surface area contributed by atoms with Crippen LogP contribution in [0.15, 0.2) is 72.9 Å². The van der Waals surface area contributed by atoms with Crippen LogP contribution in [-0.4, -0.2) is 40.8 Å². The Morgan fingerprint density at radius 1 is 1.05 bits per heavy atom. The van der Waals surface area contributed by atoms with Crippen LogP contribution in [0.1, 0.15) is 58.4 Å². The molecule has 0 bridgehead atoms. The summed E-state index contributed by atoms with van der Waals surface area (Å²) in [4.78, 5) is 31.5. The Labute approximate surface area is 250 Å². The van der Waals surface area contributed by atoms with E-state index in [-0.39, 0.29) is 18.0 Å². The second kappa shape index (κ2) is 12.0. The lowest BCUT2D eigenvalue weighted by atomic mass is 9.96.